The maximum absolute atomic E-state index is 12.9. The maximum atomic E-state index is 12.9. The van der Waals surface area contributed by atoms with Gasteiger partial charge in [0.05, 0.1) is 17.2 Å². The van der Waals surface area contributed by atoms with E-state index in [9.17, 15) is 9.50 Å². The number of rotatable bonds is 6. The molecule has 0 saturated carbocycles. The lowest BCUT2D eigenvalue weighted by atomic mass is 9.96. The van der Waals surface area contributed by atoms with E-state index < -0.39 is 5.60 Å². The number of halogens is 1. The van der Waals surface area contributed by atoms with Crippen molar-refractivity contribution < 1.29 is 9.50 Å². The molecule has 0 aliphatic carbocycles. The van der Waals surface area contributed by atoms with Crippen molar-refractivity contribution >= 4 is 6.08 Å². The van der Waals surface area contributed by atoms with Crippen LogP contribution in [-0.2, 0) is 5.60 Å². The van der Waals surface area contributed by atoms with Crippen LogP contribution >= 0.6 is 0 Å². The van der Waals surface area contributed by atoms with E-state index in [-0.39, 0.29) is 5.82 Å². The second kappa shape index (κ2) is 7.68. The van der Waals surface area contributed by atoms with Crippen molar-refractivity contribution in [1.82, 2.24) is 5.32 Å². The molecule has 2 aromatic carbocycles. The zero-order valence-corrected chi connectivity index (χ0v) is 13.0. The Morgan fingerprint density at radius 1 is 1.17 bits per heavy atom. The van der Waals surface area contributed by atoms with Gasteiger partial charge in [0.15, 0.2) is 0 Å². The minimum absolute atomic E-state index is 0.317. The van der Waals surface area contributed by atoms with Gasteiger partial charge in [-0.05, 0) is 42.3 Å². The van der Waals surface area contributed by atoms with Crippen LogP contribution < -0.4 is 5.32 Å². The van der Waals surface area contributed by atoms with E-state index in [0.29, 0.717) is 24.2 Å². The quantitative estimate of drug-likeness (QED) is 0.806. The van der Waals surface area contributed by atoms with Gasteiger partial charge in [0.2, 0.25) is 0 Å². The molecule has 0 spiro atoms. The Balaban J connectivity index is 1.83. The highest BCUT2D eigenvalue weighted by atomic mass is 19.1. The first-order valence-electron chi connectivity index (χ1n) is 7.37. The van der Waals surface area contributed by atoms with E-state index in [0.717, 1.165) is 5.56 Å². The van der Waals surface area contributed by atoms with E-state index in [1.165, 1.54) is 12.1 Å². The summed E-state index contributed by atoms with van der Waals surface area (Å²) in [6.07, 6.45) is 3.89. The molecule has 23 heavy (non-hydrogen) atoms. The summed E-state index contributed by atoms with van der Waals surface area (Å²) in [6, 6.07) is 15.2. The molecular formula is C19H19FN2O. The van der Waals surface area contributed by atoms with Gasteiger partial charge in [-0.15, -0.1) is 0 Å². The fourth-order valence-corrected chi connectivity index (χ4v) is 2.17. The maximum Gasteiger partial charge on any atom is 0.123 e. The summed E-state index contributed by atoms with van der Waals surface area (Å²) in [6.45, 7) is 2.64. The number of hydrogen-bond donors (Lipinski definition) is 2. The number of nitrogens with zero attached hydrogens (tertiary/aromatic N) is 1. The fourth-order valence-electron chi connectivity index (χ4n) is 2.17. The molecule has 1 unspecified atom stereocenters. The third kappa shape index (κ3) is 5.03. The SMILES string of the molecule is CC(O)(CNC/C=C/c1ccc(C#N)cc1)c1ccc(F)cc1. The standard InChI is InChI=1S/C19H19FN2O/c1-19(23,17-8-10-18(20)11-9-17)14-22-12-2-3-15-4-6-16(13-21)7-5-15/h2-11,22-23H,12,14H2,1H3/b3-2+. The topological polar surface area (TPSA) is 56.0 Å². The van der Waals surface area contributed by atoms with Crippen molar-refractivity contribution in [3.63, 3.8) is 0 Å². The molecule has 2 aromatic rings. The molecule has 0 radical (unpaired) electrons. The van der Waals surface area contributed by atoms with Crippen molar-refractivity contribution in [1.29, 1.82) is 5.26 Å². The number of aliphatic hydroxyl groups is 1. The van der Waals surface area contributed by atoms with Gasteiger partial charge in [-0.1, -0.05) is 36.4 Å². The number of nitriles is 1. The minimum Gasteiger partial charge on any atom is -0.384 e. The van der Waals surface area contributed by atoms with Crippen molar-refractivity contribution in [2.75, 3.05) is 13.1 Å². The highest BCUT2D eigenvalue weighted by Gasteiger charge is 2.22. The summed E-state index contributed by atoms with van der Waals surface area (Å²) in [5, 5.41) is 22.3. The minimum atomic E-state index is -1.06. The Morgan fingerprint density at radius 3 is 2.43 bits per heavy atom. The molecule has 0 aliphatic heterocycles. The predicted octanol–water partition coefficient (Wildman–Crippen LogP) is 3.21. The molecule has 4 heteroatoms. The van der Waals surface area contributed by atoms with E-state index in [4.69, 9.17) is 5.26 Å². The molecule has 0 amide bonds. The van der Waals surface area contributed by atoms with Gasteiger partial charge in [0.25, 0.3) is 0 Å². The Labute approximate surface area is 135 Å². The van der Waals surface area contributed by atoms with Crippen LogP contribution in [0.1, 0.15) is 23.6 Å². The average Bonchev–Trinajstić information content (AvgIpc) is 2.55. The van der Waals surface area contributed by atoms with Crippen molar-refractivity contribution in [3.05, 3.63) is 77.1 Å². The highest BCUT2D eigenvalue weighted by Crippen LogP contribution is 2.19. The third-order valence-corrected chi connectivity index (χ3v) is 3.55. The summed E-state index contributed by atoms with van der Waals surface area (Å²) >= 11 is 0. The third-order valence-electron chi connectivity index (χ3n) is 3.55. The number of benzene rings is 2. The Morgan fingerprint density at radius 2 is 1.83 bits per heavy atom. The van der Waals surface area contributed by atoms with Crippen LogP contribution in [-0.4, -0.2) is 18.2 Å². The molecule has 118 valence electrons. The molecule has 3 nitrogen and oxygen atoms in total. The normalized spacial score (nSPS) is 13.7. The molecule has 0 fully saturated rings. The fraction of sp³-hybridized carbons (Fsp3) is 0.211. The smallest absolute Gasteiger partial charge is 0.123 e. The first kappa shape index (κ1) is 16.9. The molecule has 0 bridgehead atoms. The van der Waals surface area contributed by atoms with Gasteiger partial charge >= 0.3 is 0 Å². The second-order valence-corrected chi connectivity index (χ2v) is 5.55. The lowest BCUT2D eigenvalue weighted by molar-refractivity contribution is 0.0580. The molecule has 2 rings (SSSR count). The largest absolute Gasteiger partial charge is 0.384 e. The summed E-state index contributed by atoms with van der Waals surface area (Å²) in [5.74, 6) is -0.317. The van der Waals surface area contributed by atoms with Gasteiger partial charge in [-0.3, -0.25) is 0 Å². The summed E-state index contributed by atoms with van der Waals surface area (Å²) < 4.78 is 12.9. The van der Waals surface area contributed by atoms with E-state index >= 15 is 0 Å². The van der Waals surface area contributed by atoms with Crippen LogP contribution in [0.25, 0.3) is 6.08 Å². The van der Waals surface area contributed by atoms with E-state index in [1.54, 1.807) is 31.2 Å². The van der Waals surface area contributed by atoms with Crippen LogP contribution in [0, 0.1) is 17.1 Å². The zero-order chi connectivity index (χ0) is 16.7. The monoisotopic (exact) mass is 310 g/mol. The van der Waals surface area contributed by atoms with Gasteiger partial charge in [-0.25, -0.2) is 4.39 Å². The molecule has 1 atom stereocenters. The summed E-state index contributed by atoms with van der Waals surface area (Å²) in [4.78, 5) is 0. The summed E-state index contributed by atoms with van der Waals surface area (Å²) in [7, 11) is 0. The average molecular weight is 310 g/mol. The lowest BCUT2D eigenvalue weighted by Gasteiger charge is -2.24. The van der Waals surface area contributed by atoms with Crippen molar-refractivity contribution in [3.8, 4) is 6.07 Å². The van der Waals surface area contributed by atoms with Crippen LogP contribution in [0.3, 0.4) is 0 Å². The molecular weight excluding hydrogens is 291 g/mol. The van der Waals surface area contributed by atoms with Crippen molar-refractivity contribution in [2.45, 2.75) is 12.5 Å². The van der Waals surface area contributed by atoms with Gasteiger partial charge in [0.1, 0.15) is 5.82 Å². The molecule has 2 N–H and O–H groups in total. The van der Waals surface area contributed by atoms with E-state index in [1.807, 2.05) is 24.3 Å². The number of hydrogen-bond acceptors (Lipinski definition) is 3. The van der Waals surface area contributed by atoms with Crippen molar-refractivity contribution in [2.24, 2.45) is 0 Å². The van der Waals surface area contributed by atoms with Gasteiger partial charge in [0, 0.05) is 13.1 Å². The molecule has 0 heterocycles. The zero-order valence-electron chi connectivity index (χ0n) is 13.0. The van der Waals surface area contributed by atoms with Crippen LogP contribution in [0.2, 0.25) is 0 Å². The van der Waals surface area contributed by atoms with Gasteiger partial charge < -0.3 is 10.4 Å². The Bertz CT molecular complexity index is 698. The predicted molar refractivity (Wildman–Crippen MR) is 89.0 cm³/mol. The lowest BCUT2D eigenvalue weighted by Crippen LogP contribution is -2.35. The highest BCUT2D eigenvalue weighted by molar-refractivity contribution is 5.51. The van der Waals surface area contributed by atoms with Gasteiger partial charge in [-0.2, -0.15) is 5.26 Å². The first-order valence-corrected chi connectivity index (χ1v) is 7.37. The Hall–Kier alpha value is -2.48. The second-order valence-electron chi connectivity index (χ2n) is 5.55. The summed E-state index contributed by atoms with van der Waals surface area (Å²) in [5.41, 5.74) is 1.25. The molecule has 0 saturated heterocycles. The molecule has 0 aromatic heterocycles. The van der Waals surface area contributed by atoms with E-state index in [2.05, 4.69) is 11.4 Å². The van der Waals surface area contributed by atoms with Crippen LogP contribution in [0.4, 0.5) is 4.39 Å². The number of nitrogens with one attached hydrogen (secondary N) is 1. The first-order chi connectivity index (χ1) is 11.0. The molecule has 0 aliphatic rings. The van der Waals surface area contributed by atoms with Crippen LogP contribution in [0.5, 0.6) is 0 Å². The Kier molecular flexibility index (Phi) is 5.64. The van der Waals surface area contributed by atoms with Crippen LogP contribution in [0.15, 0.2) is 54.6 Å².